The van der Waals surface area contributed by atoms with Gasteiger partial charge in [0.2, 0.25) is 0 Å². The van der Waals surface area contributed by atoms with Gasteiger partial charge < -0.3 is 5.32 Å². The highest BCUT2D eigenvalue weighted by molar-refractivity contribution is 6.31. The van der Waals surface area contributed by atoms with Crippen molar-refractivity contribution < 1.29 is 0 Å². The van der Waals surface area contributed by atoms with E-state index in [0.29, 0.717) is 32.1 Å². The third kappa shape index (κ3) is 4.22. The number of aromatic nitrogens is 3. The van der Waals surface area contributed by atoms with Crippen LogP contribution in [0.2, 0.25) is 15.1 Å². The van der Waals surface area contributed by atoms with E-state index in [1.807, 2.05) is 0 Å². The lowest BCUT2D eigenvalue weighted by Gasteiger charge is -2.19. The van der Waals surface area contributed by atoms with Crippen molar-refractivity contribution in [2.24, 2.45) is 7.05 Å². The van der Waals surface area contributed by atoms with E-state index in [1.165, 1.54) is 22.2 Å². The second-order valence-electron chi connectivity index (χ2n) is 8.00. The molecular formula is C26H17Cl3N4O3. The summed E-state index contributed by atoms with van der Waals surface area (Å²) in [7, 11) is 1.51. The fraction of sp³-hybridized carbons (Fsp3) is 0.0385. The molecule has 0 bridgehead atoms. The monoisotopic (exact) mass is 538 g/mol. The van der Waals surface area contributed by atoms with Gasteiger partial charge in [-0.25, -0.2) is 13.9 Å². The molecule has 0 aliphatic carbocycles. The first-order valence-electron chi connectivity index (χ1n) is 10.7. The Kier molecular flexibility index (Phi) is 6.22. The molecule has 0 saturated heterocycles. The molecule has 2 heterocycles. The fourth-order valence-corrected chi connectivity index (χ4v) is 4.35. The molecule has 2 aromatic heterocycles. The van der Waals surface area contributed by atoms with Gasteiger partial charge in [-0.1, -0.05) is 34.8 Å². The summed E-state index contributed by atoms with van der Waals surface area (Å²) in [6.45, 7) is 0. The van der Waals surface area contributed by atoms with Crippen LogP contribution in [-0.2, 0) is 7.05 Å². The van der Waals surface area contributed by atoms with E-state index in [9.17, 15) is 14.4 Å². The molecule has 0 aliphatic heterocycles. The first-order chi connectivity index (χ1) is 17.2. The summed E-state index contributed by atoms with van der Waals surface area (Å²) >= 11 is 18.1. The predicted molar refractivity (Wildman–Crippen MR) is 145 cm³/mol. The van der Waals surface area contributed by atoms with Crippen molar-refractivity contribution in [3.05, 3.63) is 125 Å². The molecule has 0 amide bonds. The number of halogens is 3. The molecule has 0 radical (unpaired) electrons. The molecule has 0 unspecified atom stereocenters. The normalized spacial score (nSPS) is 11.1. The topological polar surface area (TPSA) is 78.0 Å². The smallest absolute Gasteiger partial charge is 0.341 e. The van der Waals surface area contributed by atoms with Crippen molar-refractivity contribution in [3.8, 4) is 11.4 Å². The lowest BCUT2D eigenvalue weighted by molar-refractivity contribution is 0.784. The lowest BCUT2D eigenvalue weighted by Crippen LogP contribution is -2.40. The molecule has 1 N–H and O–H groups in total. The Morgan fingerprint density at radius 3 is 1.67 bits per heavy atom. The number of fused-ring (bicyclic) bond motifs is 1. The molecule has 0 saturated carbocycles. The van der Waals surface area contributed by atoms with E-state index in [1.54, 1.807) is 72.8 Å². The molecule has 180 valence electrons. The van der Waals surface area contributed by atoms with Gasteiger partial charge in [-0.05, 0) is 72.8 Å². The Hall–Kier alpha value is -3.78. The molecule has 10 heteroatoms. The largest absolute Gasteiger partial charge is 0.355 e. The van der Waals surface area contributed by atoms with Crippen LogP contribution in [0.15, 0.2) is 93.2 Å². The van der Waals surface area contributed by atoms with Crippen LogP contribution in [-0.4, -0.2) is 13.7 Å². The zero-order valence-corrected chi connectivity index (χ0v) is 21.0. The Morgan fingerprint density at radius 2 is 1.14 bits per heavy atom. The summed E-state index contributed by atoms with van der Waals surface area (Å²) in [6.07, 6.45) is 0. The van der Waals surface area contributed by atoms with E-state index in [2.05, 4.69) is 5.32 Å². The Morgan fingerprint density at radius 1 is 0.667 bits per heavy atom. The highest BCUT2D eigenvalue weighted by Gasteiger charge is 2.22. The standard InChI is InChI=1S/C26H17Cl3N4O3/c1-31-22(34)14-21(30-18-8-2-15(27)3-9-18)23-24(31)32(19-10-4-16(28)5-11-19)26(36)33(25(23)35)20-12-6-17(29)7-13-20/h2-14,30H,1H3. The second kappa shape index (κ2) is 9.35. The van der Waals surface area contributed by atoms with Crippen molar-refractivity contribution in [1.29, 1.82) is 0 Å². The van der Waals surface area contributed by atoms with E-state index >= 15 is 0 Å². The minimum Gasteiger partial charge on any atom is -0.355 e. The quantitative estimate of drug-likeness (QED) is 0.325. The third-order valence-corrected chi connectivity index (χ3v) is 6.47. The van der Waals surface area contributed by atoms with Crippen LogP contribution in [0.25, 0.3) is 22.4 Å². The SMILES string of the molecule is Cn1c(=O)cc(Nc2ccc(Cl)cc2)c2c(=O)n(-c3ccc(Cl)cc3)c(=O)n(-c3ccc(Cl)cc3)c21. The van der Waals surface area contributed by atoms with Crippen LogP contribution < -0.4 is 22.1 Å². The molecule has 7 nitrogen and oxygen atoms in total. The van der Waals surface area contributed by atoms with E-state index < -0.39 is 16.8 Å². The van der Waals surface area contributed by atoms with Gasteiger partial charge in [-0.3, -0.25) is 14.2 Å². The molecule has 3 aromatic carbocycles. The molecule has 5 rings (SSSR count). The minimum absolute atomic E-state index is 0.126. The van der Waals surface area contributed by atoms with Gasteiger partial charge in [-0.15, -0.1) is 0 Å². The van der Waals surface area contributed by atoms with Gasteiger partial charge in [0.05, 0.1) is 17.1 Å². The Labute approximate surface area is 219 Å². The summed E-state index contributed by atoms with van der Waals surface area (Å²) in [5.74, 6) is 0. The predicted octanol–water partition coefficient (Wildman–Crippen LogP) is 5.54. The number of nitrogens with one attached hydrogen (secondary N) is 1. The molecule has 0 atom stereocenters. The maximum Gasteiger partial charge on any atom is 0.341 e. The highest BCUT2D eigenvalue weighted by Crippen LogP contribution is 2.25. The summed E-state index contributed by atoms with van der Waals surface area (Å²) in [5, 5.41) is 4.74. The number of hydrogen-bond acceptors (Lipinski definition) is 4. The maximum absolute atomic E-state index is 13.9. The van der Waals surface area contributed by atoms with Crippen molar-refractivity contribution >= 4 is 57.2 Å². The van der Waals surface area contributed by atoms with Crippen molar-refractivity contribution in [3.63, 3.8) is 0 Å². The minimum atomic E-state index is -0.657. The van der Waals surface area contributed by atoms with Gasteiger partial charge in [0.15, 0.2) is 0 Å². The second-order valence-corrected chi connectivity index (χ2v) is 9.31. The zero-order valence-electron chi connectivity index (χ0n) is 18.7. The molecule has 0 aliphatic rings. The molecular weight excluding hydrogens is 523 g/mol. The third-order valence-electron chi connectivity index (χ3n) is 5.71. The number of benzene rings is 3. The molecule has 36 heavy (non-hydrogen) atoms. The first-order valence-corrected chi connectivity index (χ1v) is 11.8. The van der Waals surface area contributed by atoms with E-state index in [4.69, 9.17) is 34.8 Å². The molecule has 5 aromatic rings. The number of aryl methyl sites for hydroxylation is 1. The lowest BCUT2D eigenvalue weighted by atomic mass is 10.2. The zero-order chi connectivity index (χ0) is 25.6. The van der Waals surface area contributed by atoms with E-state index in [0.717, 1.165) is 4.57 Å². The van der Waals surface area contributed by atoms with Crippen LogP contribution in [0.4, 0.5) is 11.4 Å². The van der Waals surface area contributed by atoms with Crippen LogP contribution in [0.1, 0.15) is 0 Å². The van der Waals surface area contributed by atoms with E-state index in [-0.39, 0.29) is 16.7 Å². The van der Waals surface area contributed by atoms with Gasteiger partial charge in [-0.2, -0.15) is 0 Å². The summed E-state index contributed by atoms with van der Waals surface area (Å²) in [4.78, 5) is 40.8. The number of hydrogen-bond donors (Lipinski definition) is 1. The summed E-state index contributed by atoms with van der Waals surface area (Å²) < 4.78 is 3.63. The van der Waals surface area contributed by atoms with Crippen LogP contribution >= 0.6 is 34.8 Å². The van der Waals surface area contributed by atoms with Gasteiger partial charge in [0.1, 0.15) is 11.0 Å². The van der Waals surface area contributed by atoms with Gasteiger partial charge >= 0.3 is 5.69 Å². The average Bonchev–Trinajstić information content (AvgIpc) is 2.85. The van der Waals surface area contributed by atoms with Gasteiger partial charge in [0, 0.05) is 33.9 Å². The number of anilines is 2. The van der Waals surface area contributed by atoms with Crippen molar-refractivity contribution in [2.45, 2.75) is 0 Å². The maximum atomic E-state index is 13.9. The highest BCUT2D eigenvalue weighted by atomic mass is 35.5. The fourth-order valence-electron chi connectivity index (χ4n) is 3.97. The summed E-state index contributed by atoms with van der Waals surface area (Å²) in [5.41, 5.74) is 0.0548. The Bertz CT molecular complexity index is 1790. The number of nitrogens with zero attached hydrogens (tertiary/aromatic N) is 3. The number of pyridine rings is 1. The van der Waals surface area contributed by atoms with Crippen molar-refractivity contribution in [2.75, 3.05) is 5.32 Å². The van der Waals surface area contributed by atoms with Gasteiger partial charge in [0.25, 0.3) is 11.1 Å². The molecule has 0 spiro atoms. The summed E-state index contributed by atoms with van der Waals surface area (Å²) in [6, 6.07) is 21.0. The average molecular weight is 540 g/mol. The van der Waals surface area contributed by atoms with Crippen LogP contribution in [0.5, 0.6) is 0 Å². The number of rotatable bonds is 4. The van der Waals surface area contributed by atoms with Crippen LogP contribution in [0, 0.1) is 0 Å². The first kappa shape index (κ1) is 23.9. The van der Waals surface area contributed by atoms with Crippen molar-refractivity contribution in [1.82, 2.24) is 13.7 Å². The Balaban J connectivity index is 1.94. The molecule has 0 fully saturated rings. The van der Waals surface area contributed by atoms with Crippen LogP contribution in [0.3, 0.4) is 0 Å².